The number of carbonyl (C=O) groups excluding carboxylic acids is 1. The molecule has 37 heavy (non-hydrogen) atoms. The molecule has 1 aliphatic rings. The van der Waals surface area contributed by atoms with E-state index in [2.05, 4.69) is 24.7 Å². The molecule has 4 aromatic rings. The molecule has 1 aliphatic heterocycles. The number of anilines is 2. The largest absolute Gasteiger partial charge is 0.345 e. The summed E-state index contributed by atoms with van der Waals surface area (Å²) < 4.78 is 57.7. The number of nitrogens with one attached hydrogen (secondary N) is 2. The summed E-state index contributed by atoms with van der Waals surface area (Å²) in [5.41, 5.74) is 0.169. The Morgan fingerprint density at radius 1 is 1.14 bits per heavy atom. The van der Waals surface area contributed by atoms with Crippen molar-refractivity contribution in [2.24, 2.45) is 0 Å². The van der Waals surface area contributed by atoms with Crippen LogP contribution >= 0.6 is 0 Å². The van der Waals surface area contributed by atoms with Crippen LogP contribution in [0.5, 0.6) is 0 Å². The average molecular weight is 528 g/mol. The number of carbonyl (C=O) groups is 1. The van der Waals surface area contributed by atoms with E-state index in [4.69, 9.17) is 0 Å². The van der Waals surface area contributed by atoms with E-state index in [0.29, 0.717) is 28.1 Å². The third-order valence-electron chi connectivity index (χ3n) is 6.30. The number of rotatable bonds is 8. The van der Waals surface area contributed by atoms with Gasteiger partial charge < -0.3 is 9.88 Å². The zero-order chi connectivity index (χ0) is 26.3. The third kappa shape index (κ3) is 4.51. The van der Waals surface area contributed by atoms with E-state index < -0.39 is 38.9 Å². The van der Waals surface area contributed by atoms with Gasteiger partial charge in [-0.15, -0.1) is 0 Å². The van der Waals surface area contributed by atoms with Crippen LogP contribution in [0.15, 0.2) is 43.0 Å². The maximum absolute atomic E-state index is 15.3. The van der Waals surface area contributed by atoms with Crippen LogP contribution in [0.2, 0.25) is 0 Å². The minimum atomic E-state index is -4.09. The van der Waals surface area contributed by atoms with Gasteiger partial charge in [-0.3, -0.25) is 9.52 Å². The maximum Gasteiger partial charge on any atom is 0.301 e. The van der Waals surface area contributed by atoms with Crippen molar-refractivity contribution in [2.75, 3.05) is 36.3 Å². The minimum absolute atomic E-state index is 0.0223. The lowest BCUT2D eigenvalue weighted by atomic mass is 10.0. The van der Waals surface area contributed by atoms with Gasteiger partial charge in [0.25, 0.3) is 0 Å². The molecule has 0 atom stereocenters. The van der Waals surface area contributed by atoms with Crippen LogP contribution in [0.25, 0.3) is 22.2 Å². The van der Waals surface area contributed by atoms with Crippen molar-refractivity contribution in [3.63, 3.8) is 0 Å². The molecular weight excluding hydrogens is 504 g/mol. The summed E-state index contributed by atoms with van der Waals surface area (Å²) in [6.45, 7) is 3.54. The van der Waals surface area contributed by atoms with Gasteiger partial charge in [-0.1, -0.05) is 6.92 Å². The molecule has 0 saturated carbocycles. The molecule has 2 N–H and O–H groups in total. The monoisotopic (exact) mass is 527 g/mol. The van der Waals surface area contributed by atoms with Crippen molar-refractivity contribution in [3.05, 3.63) is 65.7 Å². The SMILES string of the molecule is CCN(C)S(=O)(=O)Nc1ccc(F)c(C(=O)c2c[nH]c3ncc(-c4cnc(N5CCC5)nc4)cc23)c1F. The quantitative estimate of drug-likeness (QED) is 0.337. The molecule has 3 aromatic heterocycles. The van der Waals surface area contributed by atoms with Gasteiger partial charge in [-0.05, 0) is 24.6 Å². The van der Waals surface area contributed by atoms with Gasteiger partial charge in [-0.2, -0.15) is 12.7 Å². The number of hydrogen-bond acceptors (Lipinski definition) is 7. The standard InChI is InChI=1S/C24H23F2N7O3S/c1-3-32(2)37(35,36)31-19-6-5-18(25)20(21(19)26)22(34)17-13-28-23-16(17)9-14(10-27-23)15-11-29-24(30-12-15)33-7-4-8-33/h5-6,9-13,31H,3-4,7-8H2,1-2H3,(H,27,28). The van der Waals surface area contributed by atoms with Gasteiger partial charge in [0.05, 0.1) is 11.3 Å². The molecule has 0 spiro atoms. The van der Waals surface area contributed by atoms with Crippen LogP contribution in [0, 0.1) is 11.6 Å². The topological polar surface area (TPSA) is 124 Å². The predicted octanol–water partition coefficient (Wildman–Crippen LogP) is 3.35. The van der Waals surface area contributed by atoms with Gasteiger partial charge in [0.1, 0.15) is 11.5 Å². The number of H-pyrrole nitrogens is 1. The summed E-state index contributed by atoms with van der Waals surface area (Å²) >= 11 is 0. The van der Waals surface area contributed by atoms with Crippen molar-refractivity contribution >= 4 is 38.7 Å². The molecule has 13 heteroatoms. The first-order chi connectivity index (χ1) is 17.7. The molecule has 192 valence electrons. The van der Waals surface area contributed by atoms with Gasteiger partial charge >= 0.3 is 10.2 Å². The summed E-state index contributed by atoms with van der Waals surface area (Å²) in [7, 11) is -2.79. The van der Waals surface area contributed by atoms with E-state index in [0.717, 1.165) is 35.9 Å². The van der Waals surface area contributed by atoms with Gasteiger partial charge in [-0.25, -0.2) is 23.7 Å². The first-order valence-electron chi connectivity index (χ1n) is 11.5. The highest BCUT2D eigenvalue weighted by atomic mass is 32.2. The number of pyridine rings is 1. The molecule has 0 unspecified atom stereocenters. The van der Waals surface area contributed by atoms with Crippen LogP contribution in [0.1, 0.15) is 29.3 Å². The molecule has 1 fully saturated rings. The van der Waals surface area contributed by atoms with Gasteiger partial charge in [0.2, 0.25) is 11.7 Å². The van der Waals surface area contributed by atoms with E-state index in [9.17, 15) is 17.6 Å². The highest BCUT2D eigenvalue weighted by Gasteiger charge is 2.27. The van der Waals surface area contributed by atoms with Gasteiger partial charge in [0, 0.05) is 73.5 Å². The van der Waals surface area contributed by atoms with Crippen molar-refractivity contribution < 1.29 is 22.0 Å². The van der Waals surface area contributed by atoms with E-state index in [1.807, 2.05) is 4.90 Å². The average Bonchev–Trinajstić information content (AvgIpc) is 3.28. The van der Waals surface area contributed by atoms with Crippen LogP contribution in [-0.2, 0) is 10.2 Å². The lowest BCUT2D eigenvalue weighted by Gasteiger charge is -2.30. The van der Waals surface area contributed by atoms with Crippen molar-refractivity contribution in [1.29, 1.82) is 0 Å². The lowest BCUT2D eigenvalue weighted by molar-refractivity contribution is 0.103. The highest BCUT2D eigenvalue weighted by molar-refractivity contribution is 7.90. The van der Waals surface area contributed by atoms with Crippen molar-refractivity contribution in [3.8, 4) is 11.1 Å². The van der Waals surface area contributed by atoms with E-state index >= 15 is 4.39 Å². The number of benzene rings is 1. The van der Waals surface area contributed by atoms with E-state index in [1.54, 1.807) is 31.6 Å². The summed E-state index contributed by atoms with van der Waals surface area (Å²) in [6, 6.07) is 3.43. The first kappa shape index (κ1) is 24.7. The highest BCUT2D eigenvalue weighted by Crippen LogP contribution is 2.30. The zero-order valence-electron chi connectivity index (χ0n) is 20.0. The fourth-order valence-corrected chi connectivity index (χ4v) is 4.79. The molecule has 4 heterocycles. The zero-order valence-corrected chi connectivity index (χ0v) is 20.8. The summed E-state index contributed by atoms with van der Waals surface area (Å²) in [5, 5.41) is 0.338. The Morgan fingerprint density at radius 3 is 2.49 bits per heavy atom. The van der Waals surface area contributed by atoms with Crippen LogP contribution in [0.4, 0.5) is 20.4 Å². The van der Waals surface area contributed by atoms with Gasteiger partial charge in [0.15, 0.2) is 5.82 Å². The van der Waals surface area contributed by atoms with Crippen molar-refractivity contribution in [1.82, 2.24) is 24.2 Å². The van der Waals surface area contributed by atoms with E-state index in [1.165, 1.54) is 13.2 Å². The van der Waals surface area contributed by atoms with Crippen LogP contribution in [0.3, 0.4) is 0 Å². The number of fused-ring (bicyclic) bond motifs is 1. The maximum atomic E-state index is 15.3. The molecule has 0 amide bonds. The molecular formula is C24H23F2N7O3S. The fourth-order valence-electron chi connectivity index (χ4n) is 3.86. The Hall–Kier alpha value is -3.97. The second kappa shape index (κ2) is 9.48. The Morgan fingerprint density at radius 2 is 1.84 bits per heavy atom. The summed E-state index contributed by atoms with van der Waals surface area (Å²) in [4.78, 5) is 31.3. The number of hydrogen-bond donors (Lipinski definition) is 2. The smallest absolute Gasteiger partial charge is 0.301 e. The van der Waals surface area contributed by atoms with E-state index in [-0.39, 0.29) is 12.1 Å². The Labute approximate surface area is 211 Å². The molecule has 1 saturated heterocycles. The number of nitrogens with zero attached hydrogens (tertiary/aromatic N) is 5. The molecule has 10 nitrogen and oxygen atoms in total. The fraction of sp³-hybridized carbons (Fsp3) is 0.250. The Kier molecular flexibility index (Phi) is 6.33. The predicted molar refractivity (Wildman–Crippen MR) is 135 cm³/mol. The Bertz CT molecular complexity index is 1600. The van der Waals surface area contributed by atoms with Crippen LogP contribution in [-0.4, -0.2) is 65.1 Å². The molecule has 0 aliphatic carbocycles. The number of halogens is 2. The number of ketones is 1. The van der Waals surface area contributed by atoms with Crippen LogP contribution < -0.4 is 9.62 Å². The summed E-state index contributed by atoms with van der Waals surface area (Å²) in [5.74, 6) is -2.77. The second-order valence-corrected chi connectivity index (χ2v) is 10.3. The number of aromatic amines is 1. The molecule has 0 bridgehead atoms. The second-order valence-electron chi connectivity index (χ2n) is 8.57. The lowest BCUT2D eigenvalue weighted by Crippen LogP contribution is -2.38. The minimum Gasteiger partial charge on any atom is -0.345 e. The molecule has 0 radical (unpaired) electrons. The number of aromatic nitrogens is 4. The van der Waals surface area contributed by atoms with Crippen molar-refractivity contribution in [2.45, 2.75) is 13.3 Å². The molecule has 5 rings (SSSR count). The molecule has 1 aromatic carbocycles. The third-order valence-corrected chi connectivity index (χ3v) is 7.86. The Balaban J connectivity index is 1.50. The normalized spacial score (nSPS) is 13.7. The summed E-state index contributed by atoms with van der Waals surface area (Å²) in [6.07, 6.45) is 7.30. The first-order valence-corrected chi connectivity index (χ1v) is 12.9.